The van der Waals surface area contributed by atoms with Gasteiger partial charge in [0, 0.05) is 12.1 Å². The van der Waals surface area contributed by atoms with Crippen molar-refractivity contribution in [3.05, 3.63) is 35.9 Å². The largest absolute Gasteiger partial charge is 0.497 e. The predicted octanol–water partition coefficient (Wildman–Crippen LogP) is 3.19. The molecule has 0 heterocycles. The van der Waals surface area contributed by atoms with Crippen molar-refractivity contribution >= 4 is 18.0 Å². The zero-order valence-corrected chi connectivity index (χ0v) is 15.2. The van der Waals surface area contributed by atoms with Gasteiger partial charge in [-0.15, -0.1) is 0 Å². The van der Waals surface area contributed by atoms with Gasteiger partial charge in [0.15, 0.2) is 6.61 Å². The second-order valence-electron chi connectivity index (χ2n) is 6.66. The Morgan fingerprint density at radius 3 is 2.84 bits per heavy atom. The average molecular weight is 345 g/mol. The molecular weight excluding hydrogens is 318 g/mol. The summed E-state index contributed by atoms with van der Waals surface area (Å²) in [5.74, 6) is 0.983. The Morgan fingerprint density at radius 2 is 2.08 bits per heavy atom. The molecule has 136 valence electrons. The maximum Gasteiger partial charge on any atom is 0.331 e. The second-order valence-corrected chi connectivity index (χ2v) is 6.66. The number of ether oxygens (including phenoxy) is 2. The summed E-state index contributed by atoms with van der Waals surface area (Å²) in [4.78, 5) is 23.8. The fourth-order valence-corrected chi connectivity index (χ4v) is 3.13. The summed E-state index contributed by atoms with van der Waals surface area (Å²) >= 11 is 0. The van der Waals surface area contributed by atoms with Crippen LogP contribution >= 0.6 is 0 Å². The molecule has 1 fully saturated rings. The van der Waals surface area contributed by atoms with Gasteiger partial charge in [-0.3, -0.25) is 4.79 Å². The Hall–Kier alpha value is -2.30. The fourth-order valence-electron chi connectivity index (χ4n) is 3.13. The molecule has 0 aromatic heterocycles. The van der Waals surface area contributed by atoms with Gasteiger partial charge in [0.05, 0.1) is 7.11 Å². The zero-order valence-electron chi connectivity index (χ0n) is 15.2. The average Bonchev–Trinajstić information content (AvgIpc) is 2.62. The van der Waals surface area contributed by atoms with Crippen LogP contribution in [-0.2, 0) is 14.3 Å². The summed E-state index contributed by atoms with van der Waals surface area (Å²) in [5.41, 5.74) is 0.825. The number of benzene rings is 1. The highest BCUT2D eigenvalue weighted by atomic mass is 16.5. The topological polar surface area (TPSA) is 64.6 Å². The molecular formula is C20H27NO4. The van der Waals surface area contributed by atoms with Crippen LogP contribution in [0.25, 0.3) is 6.08 Å². The minimum absolute atomic E-state index is 0.169. The smallest absolute Gasteiger partial charge is 0.331 e. The van der Waals surface area contributed by atoms with Crippen LogP contribution in [0, 0.1) is 11.8 Å². The normalized spacial score (nSPS) is 23.2. The highest BCUT2D eigenvalue weighted by molar-refractivity contribution is 5.89. The van der Waals surface area contributed by atoms with Gasteiger partial charge in [-0.2, -0.15) is 0 Å². The molecule has 1 amide bonds. The van der Waals surface area contributed by atoms with Crippen molar-refractivity contribution < 1.29 is 19.1 Å². The monoisotopic (exact) mass is 345 g/mol. The molecule has 0 saturated heterocycles. The maximum atomic E-state index is 12.0. The molecule has 1 N–H and O–H groups in total. The Bertz CT molecular complexity index is 626. The number of methoxy groups -OCH3 is 1. The van der Waals surface area contributed by atoms with E-state index in [9.17, 15) is 9.59 Å². The van der Waals surface area contributed by atoms with Gasteiger partial charge < -0.3 is 14.8 Å². The molecule has 1 aromatic rings. The van der Waals surface area contributed by atoms with E-state index in [1.165, 1.54) is 12.5 Å². The number of hydrogen-bond acceptors (Lipinski definition) is 4. The molecule has 2 rings (SSSR count). The summed E-state index contributed by atoms with van der Waals surface area (Å²) < 4.78 is 10.1. The molecule has 0 unspecified atom stereocenters. The van der Waals surface area contributed by atoms with E-state index in [0.717, 1.165) is 18.4 Å². The number of nitrogens with one attached hydrogen (secondary N) is 1. The van der Waals surface area contributed by atoms with E-state index in [0.29, 0.717) is 17.6 Å². The third-order valence-electron chi connectivity index (χ3n) is 4.90. The molecule has 5 heteroatoms. The highest BCUT2D eigenvalue weighted by Gasteiger charge is 2.28. The third kappa shape index (κ3) is 5.93. The molecule has 0 radical (unpaired) electrons. The Balaban J connectivity index is 1.77. The summed E-state index contributed by atoms with van der Waals surface area (Å²) in [6, 6.07) is 7.49. The molecule has 0 bridgehead atoms. The predicted molar refractivity (Wildman–Crippen MR) is 97.1 cm³/mol. The number of carbonyl (C=O) groups excluding carboxylic acids is 2. The number of carbonyl (C=O) groups is 2. The number of esters is 1. The van der Waals surface area contributed by atoms with E-state index in [2.05, 4.69) is 19.2 Å². The minimum Gasteiger partial charge on any atom is -0.497 e. The van der Waals surface area contributed by atoms with E-state index >= 15 is 0 Å². The second kappa shape index (κ2) is 9.25. The SMILES string of the molecule is COc1cccc(/C=C/C(=O)OCC(=O)N[C@H]2CCC[C@H](C)[C@H]2C)c1. The van der Waals surface area contributed by atoms with Gasteiger partial charge in [0.1, 0.15) is 5.75 Å². The van der Waals surface area contributed by atoms with Crippen molar-refractivity contribution in [2.75, 3.05) is 13.7 Å². The van der Waals surface area contributed by atoms with E-state index in [1.54, 1.807) is 13.2 Å². The standard InChI is InChI=1S/C20H27NO4/c1-14-6-4-9-18(15(14)2)21-19(22)13-25-20(23)11-10-16-7-5-8-17(12-16)24-3/h5,7-8,10-12,14-15,18H,4,6,9,13H2,1-3H3,(H,21,22)/b11-10+/t14-,15+,18-/m0/s1. The minimum atomic E-state index is -0.539. The van der Waals surface area contributed by atoms with Crippen LogP contribution in [0.1, 0.15) is 38.7 Å². The van der Waals surface area contributed by atoms with Crippen molar-refractivity contribution in [2.45, 2.75) is 39.2 Å². The van der Waals surface area contributed by atoms with E-state index in [-0.39, 0.29) is 18.6 Å². The van der Waals surface area contributed by atoms with Crippen molar-refractivity contribution in [3.63, 3.8) is 0 Å². The summed E-state index contributed by atoms with van der Waals surface area (Å²) in [6.45, 7) is 4.13. The van der Waals surface area contributed by atoms with E-state index < -0.39 is 5.97 Å². The van der Waals surface area contributed by atoms with Crippen LogP contribution < -0.4 is 10.1 Å². The first-order valence-corrected chi connectivity index (χ1v) is 8.78. The van der Waals surface area contributed by atoms with Crippen molar-refractivity contribution in [1.82, 2.24) is 5.32 Å². The Labute approximate surface area is 149 Å². The molecule has 25 heavy (non-hydrogen) atoms. The van der Waals surface area contributed by atoms with Gasteiger partial charge in [-0.25, -0.2) is 4.79 Å². The first-order valence-electron chi connectivity index (χ1n) is 8.78. The molecule has 3 atom stereocenters. The van der Waals surface area contributed by atoms with Gasteiger partial charge in [-0.05, 0) is 42.0 Å². The first kappa shape index (κ1) is 19.0. The van der Waals surface area contributed by atoms with Crippen LogP contribution in [0.2, 0.25) is 0 Å². The van der Waals surface area contributed by atoms with Crippen LogP contribution in [0.3, 0.4) is 0 Å². The Kier molecular flexibility index (Phi) is 7.04. The maximum absolute atomic E-state index is 12.0. The van der Waals surface area contributed by atoms with E-state index in [4.69, 9.17) is 9.47 Å². The lowest BCUT2D eigenvalue weighted by Gasteiger charge is -2.34. The summed E-state index contributed by atoms with van der Waals surface area (Å²) in [6.07, 6.45) is 6.26. The molecule has 0 spiro atoms. The zero-order chi connectivity index (χ0) is 18.2. The van der Waals surface area contributed by atoms with E-state index in [1.807, 2.05) is 24.3 Å². The van der Waals surface area contributed by atoms with Crippen molar-refractivity contribution in [3.8, 4) is 5.75 Å². The van der Waals surface area contributed by atoms with Gasteiger partial charge in [0.2, 0.25) is 0 Å². The van der Waals surface area contributed by atoms with Crippen LogP contribution in [0.15, 0.2) is 30.3 Å². The first-order chi connectivity index (χ1) is 12.0. The van der Waals surface area contributed by atoms with Crippen molar-refractivity contribution in [2.24, 2.45) is 11.8 Å². The lowest BCUT2D eigenvalue weighted by molar-refractivity contribution is -0.144. The molecule has 0 aliphatic heterocycles. The Morgan fingerprint density at radius 1 is 1.28 bits per heavy atom. The summed E-state index contributed by atoms with van der Waals surface area (Å²) in [5, 5.41) is 2.99. The third-order valence-corrected chi connectivity index (χ3v) is 4.90. The van der Waals surface area contributed by atoms with Gasteiger partial charge in [0.25, 0.3) is 5.91 Å². The van der Waals surface area contributed by atoms with Crippen LogP contribution in [0.4, 0.5) is 0 Å². The quantitative estimate of drug-likeness (QED) is 0.635. The molecule has 1 aliphatic rings. The van der Waals surface area contributed by atoms with Crippen LogP contribution in [-0.4, -0.2) is 31.6 Å². The molecule has 1 saturated carbocycles. The van der Waals surface area contributed by atoms with Gasteiger partial charge >= 0.3 is 5.97 Å². The number of rotatable bonds is 6. The molecule has 1 aromatic carbocycles. The van der Waals surface area contributed by atoms with Gasteiger partial charge in [-0.1, -0.05) is 38.8 Å². The lowest BCUT2D eigenvalue weighted by Crippen LogP contribution is -2.45. The highest BCUT2D eigenvalue weighted by Crippen LogP contribution is 2.29. The summed E-state index contributed by atoms with van der Waals surface area (Å²) in [7, 11) is 1.59. The fraction of sp³-hybridized carbons (Fsp3) is 0.500. The van der Waals surface area contributed by atoms with Crippen molar-refractivity contribution in [1.29, 1.82) is 0 Å². The molecule has 1 aliphatic carbocycles. The van der Waals surface area contributed by atoms with Crippen LogP contribution in [0.5, 0.6) is 5.75 Å². The lowest BCUT2D eigenvalue weighted by atomic mass is 9.78. The number of amides is 1. The number of hydrogen-bond donors (Lipinski definition) is 1. The molecule has 5 nitrogen and oxygen atoms in total.